The number of amides is 1. The summed E-state index contributed by atoms with van der Waals surface area (Å²) in [4.78, 5) is 14.3. The largest absolute Gasteiger partial charge is 0.493 e. The molecule has 0 bridgehead atoms. The second-order valence-corrected chi connectivity index (χ2v) is 5.65. The van der Waals surface area contributed by atoms with Gasteiger partial charge < -0.3 is 14.4 Å². The summed E-state index contributed by atoms with van der Waals surface area (Å²) in [6.07, 6.45) is 7.23. The molecule has 2 rings (SSSR count). The van der Waals surface area contributed by atoms with Gasteiger partial charge in [-0.1, -0.05) is 25.0 Å². The first-order valence-electron chi connectivity index (χ1n) is 8.17. The summed E-state index contributed by atoms with van der Waals surface area (Å²) < 4.78 is 34.9. The summed E-state index contributed by atoms with van der Waals surface area (Å²) in [6.45, 7) is -0.386. The third-order valence-corrected chi connectivity index (χ3v) is 4.23. The Bertz CT molecular complexity index is 584. The Kier molecular flexibility index (Phi) is 6.58. The summed E-state index contributed by atoms with van der Waals surface area (Å²) in [6, 6.07) is 5.08. The molecule has 1 aliphatic rings. The Morgan fingerprint density at radius 2 is 2.08 bits per heavy atom. The summed E-state index contributed by atoms with van der Waals surface area (Å²) in [7, 11) is 1.38. The quantitative estimate of drug-likeness (QED) is 0.702. The van der Waals surface area contributed by atoms with Crippen LogP contribution < -0.4 is 9.47 Å². The lowest BCUT2D eigenvalue weighted by molar-refractivity contribution is -0.127. The van der Waals surface area contributed by atoms with E-state index in [0.29, 0.717) is 12.1 Å². The summed E-state index contributed by atoms with van der Waals surface area (Å²) >= 11 is 0. The summed E-state index contributed by atoms with van der Waals surface area (Å²) in [5.41, 5.74) is 0.380. The van der Waals surface area contributed by atoms with Gasteiger partial charge in [0.2, 0.25) is 5.91 Å². The molecule has 132 valence electrons. The Labute approximate surface area is 141 Å². The fraction of sp³-hybridized carbons (Fsp3) is 0.500. The molecule has 1 fully saturated rings. The molecule has 0 unspecified atom stereocenters. The van der Waals surface area contributed by atoms with Crippen LogP contribution in [0.25, 0.3) is 6.08 Å². The van der Waals surface area contributed by atoms with Gasteiger partial charge in [0.1, 0.15) is 0 Å². The Balaban J connectivity index is 2.19. The number of ether oxygens (including phenoxy) is 2. The average Bonchev–Trinajstić information content (AvgIpc) is 3.08. The van der Waals surface area contributed by atoms with Crippen LogP contribution in [0.2, 0.25) is 0 Å². The van der Waals surface area contributed by atoms with Crippen molar-refractivity contribution < 1.29 is 23.0 Å². The number of para-hydroxylation sites is 1. The first-order valence-corrected chi connectivity index (χ1v) is 8.17. The maximum absolute atomic E-state index is 12.6. The highest BCUT2D eigenvalue weighted by Crippen LogP contribution is 2.33. The fourth-order valence-electron chi connectivity index (χ4n) is 3.11. The molecule has 1 aromatic rings. The molecule has 0 aliphatic heterocycles. The highest BCUT2D eigenvalue weighted by molar-refractivity contribution is 5.92. The smallest absolute Gasteiger partial charge is 0.387 e. The monoisotopic (exact) mass is 339 g/mol. The number of nitrogens with zero attached hydrogens (tertiary/aromatic N) is 1. The summed E-state index contributed by atoms with van der Waals surface area (Å²) in [5, 5.41) is 0. The van der Waals surface area contributed by atoms with Crippen LogP contribution in [0.5, 0.6) is 11.5 Å². The van der Waals surface area contributed by atoms with Crippen molar-refractivity contribution in [1.82, 2.24) is 4.90 Å². The number of methoxy groups -OCH3 is 1. The van der Waals surface area contributed by atoms with E-state index in [-0.39, 0.29) is 23.4 Å². The van der Waals surface area contributed by atoms with Crippen LogP contribution in [0, 0.1) is 0 Å². The lowest BCUT2D eigenvalue weighted by Crippen LogP contribution is -2.37. The van der Waals surface area contributed by atoms with Crippen molar-refractivity contribution in [2.75, 3.05) is 13.7 Å². The van der Waals surface area contributed by atoms with Gasteiger partial charge in [0.25, 0.3) is 0 Å². The van der Waals surface area contributed by atoms with Crippen molar-refractivity contribution in [3.8, 4) is 11.5 Å². The number of carbonyl (C=O) groups excluding carboxylic acids is 1. The minimum absolute atomic E-state index is 0.0667. The highest BCUT2D eigenvalue weighted by Gasteiger charge is 2.24. The first kappa shape index (κ1) is 18.2. The molecular weight excluding hydrogens is 316 g/mol. The predicted molar refractivity (Wildman–Crippen MR) is 88.3 cm³/mol. The van der Waals surface area contributed by atoms with E-state index < -0.39 is 6.61 Å². The number of halogens is 2. The van der Waals surface area contributed by atoms with Crippen molar-refractivity contribution in [3.05, 3.63) is 29.8 Å². The van der Waals surface area contributed by atoms with Gasteiger partial charge in [-0.3, -0.25) is 4.79 Å². The van der Waals surface area contributed by atoms with Gasteiger partial charge in [0.05, 0.1) is 7.11 Å². The fourth-order valence-corrected chi connectivity index (χ4v) is 3.11. The minimum atomic E-state index is -2.96. The van der Waals surface area contributed by atoms with Gasteiger partial charge in [-0.25, -0.2) is 0 Å². The number of carbonyl (C=O) groups is 1. The van der Waals surface area contributed by atoms with Crippen LogP contribution in [-0.2, 0) is 4.79 Å². The zero-order valence-electron chi connectivity index (χ0n) is 14.0. The Morgan fingerprint density at radius 3 is 2.67 bits per heavy atom. The van der Waals surface area contributed by atoms with Crippen LogP contribution >= 0.6 is 0 Å². The van der Waals surface area contributed by atoms with E-state index in [0.717, 1.165) is 25.7 Å². The zero-order valence-corrected chi connectivity index (χ0v) is 14.0. The second-order valence-electron chi connectivity index (χ2n) is 5.65. The summed E-state index contributed by atoms with van der Waals surface area (Å²) in [5.74, 6) is 0.0196. The number of rotatable bonds is 7. The van der Waals surface area contributed by atoms with Crippen LogP contribution in [0.15, 0.2) is 24.3 Å². The Hall–Kier alpha value is -2.11. The topological polar surface area (TPSA) is 38.8 Å². The average molecular weight is 339 g/mol. The molecular formula is C18H23F2NO3. The maximum Gasteiger partial charge on any atom is 0.387 e. The van der Waals surface area contributed by atoms with Gasteiger partial charge in [0, 0.05) is 24.2 Å². The van der Waals surface area contributed by atoms with E-state index in [2.05, 4.69) is 4.74 Å². The van der Waals surface area contributed by atoms with E-state index >= 15 is 0 Å². The van der Waals surface area contributed by atoms with Gasteiger partial charge in [0.15, 0.2) is 11.5 Å². The van der Waals surface area contributed by atoms with Gasteiger partial charge in [-0.15, -0.1) is 0 Å². The number of hydrogen-bond acceptors (Lipinski definition) is 3. The predicted octanol–water partition coefficient (Wildman–Crippen LogP) is 4.10. The number of benzene rings is 1. The molecule has 0 aromatic heterocycles. The molecule has 1 saturated carbocycles. The SMILES string of the molecule is CCN(C(=O)/C=C\c1cccc(OC)c1OC(F)F)C1CCCC1. The number of likely N-dealkylation sites (N-methyl/N-ethyl adjacent to an activating group) is 1. The third kappa shape index (κ3) is 4.46. The molecule has 1 aliphatic carbocycles. The third-order valence-electron chi connectivity index (χ3n) is 4.23. The standard InChI is InChI=1S/C18H23F2NO3/c1-3-21(14-8-4-5-9-14)16(22)12-11-13-7-6-10-15(23-2)17(13)24-18(19)20/h6-7,10-12,14,18H,3-5,8-9H2,1-2H3/b12-11-. The van der Waals surface area contributed by atoms with Crippen LogP contribution in [-0.4, -0.2) is 37.1 Å². The van der Waals surface area contributed by atoms with Gasteiger partial charge in [-0.2, -0.15) is 8.78 Å². The van der Waals surface area contributed by atoms with E-state index in [4.69, 9.17) is 4.74 Å². The molecule has 0 saturated heterocycles. The lowest BCUT2D eigenvalue weighted by Gasteiger charge is -2.26. The van der Waals surface area contributed by atoms with E-state index in [1.54, 1.807) is 12.1 Å². The Morgan fingerprint density at radius 1 is 1.38 bits per heavy atom. The second kappa shape index (κ2) is 8.66. The molecule has 4 nitrogen and oxygen atoms in total. The molecule has 0 heterocycles. The number of hydrogen-bond donors (Lipinski definition) is 0. The lowest BCUT2D eigenvalue weighted by atomic mass is 10.1. The van der Waals surface area contributed by atoms with Gasteiger partial charge >= 0.3 is 6.61 Å². The van der Waals surface area contributed by atoms with Crippen molar-refractivity contribution in [2.45, 2.75) is 45.3 Å². The van der Waals surface area contributed by atoms with E-state index in [1.807, 2.05) is 11.8 Å². The van der Waals surface area contributed by atoms with Crippen LogP contribution in [0.1, 0.15) is 38.2 Å². The minimum Gasteiger partial charge on any atom is -0.493 e. The molecule has 0 N–H and O–H groups in total. The highest BCUT2D eigenvalue weighted by atomic mass is 19.3. The molecule has 6 heteroatoms. The van der Waals surface area contributed by atoms with Crippen LogP contribution in [0.4, 0.5) is 8.78 Å². The van der Waals surface area contributed by atoms with Crippen LogP contribution in [0.3, 0.4) is 0 Å². The van der Waals surface area contributed by atoms with E-state index in [9.17, 15) is 13.6 Å². The maximum atomic E-state index is 12.6. The molecule has 1 aromatic carbocycles. The van der Waals surface area contributed by atoms with E-state index in [1.165, 1.54) is 25.3 Å². The zero-order chi connectivity index (χ0) is 17.5. The van der Waals surface area contributed by atoms with Crippen molar-refractivity contribution in [2.24, 2.45) is 0 Å². The molecule has 0 atom stereocenters. The molecule has 1 amide bonds. The molecule has 24 heavy (non-hydrogen) atoms. The normalized spacial score (nSPS) is 15.2. The number of alkyl halides is 2. The van der Waals surface area contributed by atoms with Crippen molar-refractivity contribution in [3.63, 3.8) is 0 Å². The first-order chi connectivity index (χ1) is 11.6. The molecule has 0 radical (unpaired) electrons. The van der Waals surface area contributed by atoms with Crippen molar-refractivity contribution in [1.29, 1.82) is 0 Å². The van der Waals surface area contributed by atoms with Gasteiger partial charge in [-0.05, 0) is 31.9 Å². The van der Waals surface area contributed by atoms with Crippen molar-refractivity contribution >= 4 is 12.0 Å². The molecule has 0 spiro atoms.